The van der Waals surface area contributed by atoms with Crippen LogP contribution < -0.4 is 10.6 Å². The highest BCUT2D eigenvalue weighted by Crippen LogP contribution is 2.11. The molecule has 0 aromatic heterocycles. The van der Waals surface area contributed by atoms with Crippen molar-refractivity contribution in [2.24, 2.45) is 0 Å². The van der Waals surface area contributed by atoms with E-state index in [0.29, 0.717) is 19.5 Å². The number of likely N-dealkylation sites (tertiary alicyclic amines) is 1. The normalized spacial score (nSPS) is 14.9. The Morgan fingerprint density at radius 3 is 2.07 bits per heavy atom. The zero-order valence-corrected chi connectivity index (χ0v) is 17.7. The van der Waals surface area contributed by atoms with Crippen LogP contribution in [0.4, 0.5) is 0 Å². The Balaban J connectivity index is 1.25. The molecule has 1 aliphatic rings. The minimum Gasteiger partial charge on any atom is -0.355 e. The summed E-state index contributed by atoms with van der Waals surface area (Å²) in [6, 6.07) is 20.7. The van der Waals surface area contributed by atoms with Crippen molar-refractivity contribution in [1.82, 2.24) is 15.5 Å². The summed E-state index contributed by atoms with van der Waals surface area (Å²) in [5.74, 6) is 0.210. The first-order valence-electron chi connectivity index (χ1n) is 11.1. The van der Waals surface area contributed by atoms with Crippen molar-refractivity contribution < 1.29 is 9.59 Å². The molecule has 160 valence electrons. The van der Waals surface area contributed by atoms with Crippen molar-refractivity contribution in [2.75, 3.05) is 26.2 Å². The molecule has 0 spiro atoms. The van der Waals surface area contributed by atoms with Gasteiger partial charge in [0.2, 0.25) is 11.8 Å². The second kappa shape index (κ2) is 12.1. The van der Waals surface area contributed by atoms with Crippen molar-refractivity contribution in [3.63, 3.8) is 0 Å². The number of piperidine rings is 1. The smallest absolute Gasteiger partial charge is 0.234 e. The fraction of sp³-hybridized carbons (Fsp3) is 0.440. The Hall–Kier alpha value is -2.66. The topological polar surface area (TPSA) is 61.4 Å². The number of hydrogen-bond donors (Lipinski definition) is 2. The van der Waals surface area contributed by atoms with Crippen LogP contribution in [0.15, 0.2) is 60.7 Å². The molecule has 0 atom stereocenters. The fourth-order valence-electron chi connectivity index (χ4n) is 3.86. The summed E-state index contributed by atoms with van der Waals surface area (Å²) in [6.07, 6.45) is 5.03. The fourth-order valence-corrected chi connectivity index (χ4v) is 3.86. The monoisotopic (exact) mass is 407 g/mol. The van der Waals surface area contributed by atoms with Crippen LogP contribution in [0.2, 0.25) is 0 Å². The second-order valence-electron chi connectivity index (χ2n) is 8.04. The quantitative estimate of drug-likeness (QED) is 0.596. The summed E-state index contributed by atoms with van der Waals surface area (Å²) in [7, 11) is 0. The maximum Gasteiger partial charge on any atom is 0.234 e. The van der Waals surface area contributed by atoms with E-state index in [9.17, 15) is 9.59 Å². The van der Waals surface area contributed by atoms with E-state index in [1.165, 1.54) is 11.1 Å². The molecule has 1 fully saturated rings. The Labute approximate surface area is 179 Å². The third-order valence-corrected chi connectivity index (χ3v) is 5.61. The average molecular weight is 408 g/mol. The van der Waals surface area contributed by atoms with Gasteiger partial charge in [0, 0.05) is 32.1 Å². The van der Waals surface area contributed by atoms with E-state index < -0.39 is 0 Å². The molecule has 3 rings (SSSR count). The molecule has 5 heteroatoms. The Kier molecular flexibility index (Phi) is 8.91. The largest absolute Gasteiger partial charge is 0.355 e. The number of carbonyl (C=O) groups excluding carboxylic acids is 2. The Morgan fingerprint density at radius 1 is 0.833 bits per heavy atom. The summed E-state index contributed by atoms with van der Waals surface area (Å²) in [5.41, 5.74) is 2.50. The molecule has 2 amide bonds. The van der Waals surface area contributed by atoms with Crippen molar-refractivity contribution in [2.45, 2.75) is 44.6 Å². The van der Waals surface area contributed by atoms with Crippen LogP contribution in [0.1, 0.15) is 36.8 Å². The molecule has 0 bridgehead atoms. The summed E-state index contributed by atoms with van der Waals surface area (Å²) in [4.78, 5) is 26.6. The first kappa shape index (κ1) is 22.0. The van der Waals surface area contributed by atoms with E-state index in [2.05, 4.69) is 39.8 Å². The lowest BCUT2D eigenvalue weighted by Gasteiger charge is -2.31. The summed E-state index contributed by atoms with van der Waals surface area (Å²) in [5, 5.41) is 6.18. The molecule has 1 saturated heterocycles. The highest BCUT2D eigenvalue weighted by Gasteiger charge is 2.21. The molecule has 2 aromatic carbocycles. The van der Waals surface area contributed by atoms with Gasteiger partial charge >= 0.3 is 0 Å². The number of hydrogen-bond acceptors (Lipinski definition) is 3. The molecule has 0 saturated carbocycles. The first-order chi connectivity index (χ1) is 14.7. The van der Waals surface area contributed by atoms with Gasteiger partial charge in [0.1, 0.15) is 0 Å². The van der Waals surface area contributed by atoms with Gasteiger partial charge in [-0.15, -0.1) is 0 Å². The second-order valence-corrected chi connectivity index (χ2v) is 8.04. The molecule has 2 N–H and O–H groups in total. The molecule has 30 heavy (non-hydrogen) atoms. The van der Waals surface area contributed by atoms with Crippen LogP contribution in [-0.4, -0.2) is 48.9 Å². The minimum absolute atomic E-state index is 0.0911. The van der Waals surface area contributed by atoms with Crippen LogP contribution in [-0.2, 0) is 22.4 Å². The van der Waals surface area contributed by atoms with Gasteiger partial charge in [-0.2, -0.15) is 0 Å². The molecular formula is C25H33N3O2. The van der Waals surface area contributed by atoms with Crippen LogP contribution in [0.25, 0.3) is 0 Å². The molecule has 0 unspecified atom stereocenters. The third-order valence-electron chi connectivity index (χ3n) is 5.61. The molecule has 0 radical (unpaired) electrons. The molecule has 1 aliphatic heterocycles. The zero-order valence-electron chi connectivity index (χ0n) is 17.7. The average Bonchev–Trinajstić information content (AvgIpc) is 2.78. The standard InChI is InChI=1S/C25H33N3O2/c29-24(14-13-22-10-5-2-6-11-22)27-23-15-18-28(19-16-23)20-25(30)26-17-7-12-21-8-3-1-4-9-21/h1-6,8-11,23H,7,12-20H2,(H,26,30)(H,27,29). The Bertz CT molecular complexity index is 771. The lowest BCUT2D eigenvalue weighted by molar-refractivity contribution is -0.124. The van der Waals surface area contributed by atoms with Crippen LogP contribution in [0.5, 0.6) is 0 Å². The van der Waals surface area contributed by atoms with Crippen molar-refractivity contribution in [3.05, 3.63) is 71.8 Å². The number of rotatable bonds is 10. The van der Waals surface area contributed by atoms with Gasteiger partial charge in [-0.3, -0.25) is 14.5 Å². The van der Waals surface area contributed by atoms with Crippen molar-refractivity contribution >= 4 is 11.8 Å². The van der Waals surface area contributed by atoms with Gasteiger partial charge in [-0.1, -0.05) is 60.7 Å². The molecule has 0 aliphatic carbocycles. The number of amides is 2. The van der Waals surface area contributed by atoms with Crippen LogP contribution >= 0.6 is 0 Å². The lowest BCUT2D eigenvalue weighted by Crippen LogP contribution is -2.47. The number of nitrogens with one attached hydrogen (secondary N) is 2. The zero-order chi connectivity index (χ0) is 21.0. The SMILES string of the molecule is O=C(CN1CCC(NC(=O)CCc2ccccc2)CC1)NCCCc1ccccc1. The van der Waals surface area contributed by atoms with E-state index >= 15 is 0 Å². The highest BCUT2D eigenvalue weighted by atomic mass is 16.2. The maximum absolute atomic E-state index is 12.2. The van der Waals surface area contributed by atoms with Crippen molar-refractivity contribution in [3.8, 4) is 0 Å². The molecule has 5 nitrogen and oxygen atoms in total. The Morgan fingerprint density at radius 2 is 1.43 bits per heavy atom. The van der Waals surface area contributed by atoms with Gasteiger partial charge in [-0.05, 0) is 43.2 Å². The predicted octanol–water partition coefficient (Wildman–Crippen LogP) is 2.95. The minimum atomic E-state index is 0.0911. The van der Waals surface area contributed by atoms with E-state index in [1.54, 1.807) is 0 Å². The highest BCUT2D eigenvalue weighted by molar-refractivity contribution is 5.78. The number of carbonyl (C=O) groups is 2. The first-order valence-corrected chi connectivity index (χ1v) is 11.1. The van der Waals surface area contributed by atoms with Crippen LogP contribution in [0, 0.1) is 0 Å². The van der Waals surface area contributed by atoms with E-state index in [1.807, 2.05) is 36.4 Å². The molecular weight excluding hydrogens is 374 g/mol. The van der Waals surface area contributed by atoms with Gasteiger partial charge in [0.25, 0.3) is 0 Å². The molecule has 1 heterocycles. The van der Waals surface area contributed by atoms with Gasteiger partial charge in [-0.25, -0.2) is 0 Å². The predicted molar refractivity (Wildman–Crippen MR) is 120 cm³/mol. The van der Waals surface area contributed by atoms with Gasteiger partial charge in [0.05, 0.1) is 6.54 Å². The third kappa shape index (κ3) is 7.99. The van der Waals surface area contributed by atoms with Gasteiger partial charge < -0.3 is 10.6 Å². The lowest BCUT2D eigenvalue weighted by atomic mass is 10.0. The number of nitrogens with zero attached hydrogens (tertiary/aromatic N) is 1. The van der Waals surface area contributed by atoms with E-state index in [4.69, 9.17) is 0 Å². The van der Waals surface area contributed by atoms with Crippen molar-refractivity contribution in [1.29, 1.82) is 0 Å². The summed E-state index contributed by atoms with van der Waals surface area (Å²) >= 11 is 0. The van der Waals surface area contributed by atoms with Gasteiger partial charge in [0.15, 0.2) is 0 Å². The number of aryl methyl sites for hydroxylation is 2. The maximum atomic E-state index is 12.2. The van der Waals surface area contributed by atoms with E-state index in [0.717, 1.165) is 45.2 Å². The number of benzene rings is 2. The molecule has 2 aromatic rings. The van der Waals surface area contributed by atoms with E-state index in [-0.39, 0.29) is 17.9 Å². The summed E-state index contributed by atoms with van der Waals surface area (Å²) in [6.45, 7) is 2.85. The summed E-state index contributed by atoms with van der Waals surface area (Å²) < 4.78 is 0. The van der Waals surface area contributed by atoms with Crippen LogP contribution in [0.3, 0.4) is 0 Å².